The van der Waals surface area contributed by atoms with Crippen molar-refractivity contribution in [3.05, 3.63) is 88.2 Å². The van der Waals surface area contributed by atoms with E-state index in [-0.39, 0.29) is 17.9 Å². The van der Waals surface area contributed by atoms with Crippen molar-refractivity contribution in [1.29, 1.82) is 0 Å². The monoisotopic (exact) mass is 422 g/mol. The molecule has 0 bridgehead atoms. The first-order valence-corrected chi connectivity index (χ1v) is 9.69. The van der Waals surface area contributed by atoms with Crippen LogP contribution in [-0.4, -0.2) is 26.6 Å². The lowest BCUT2D eigenvalue weighted by atomic mass is 9.89. The van der Waals surface area contributed by atoms with Crippen LogP contribution in [0.2, 0.25) is 5.02 Å². The van der Waals surface area contributed by atoms with E-state index in [2.05, 4.69) is 5.92 Å². The summed E-state index contributed by atoms with van der Waals surface area (Å²) < 4.78 is 25.8. The summed E-state index contributed by atoms with van der Waals surface area (Å²) in [5, 5.41) is 0.320. The van der Waals surface area contributed by atoms with Crippen LogP contribution in [0.4, 0.5) is 4.39 Å². The molecular formula is C25H20ClFO3. The molecule has 0 saturated carbocycles. The molecule has 0 amide bonds. The van der Waals surface area contributed by atoms with Gasteiger partial charge < -0.3 is 14.3 Å². The fourth-order valence-corrected chi connectivity index (χ4v) is 3.44. The molecule has 0 aliphatic heterocycles. The first kappa shape index (κ1) is 21.6. The largest absolute Gasteiger partial charge is 0.488 e. The summed E-state index contributed by atoms with van der Waals surface area (Å²) in [5.41, 5.74) is 2.42. The molecule has 1 unspecified atom stereocenters. The Morgan fingerprint density at radius 3 is 2.53 bits per heavy atom. The number of carbonyl (C=O) groups excluding carboxylic acids is 1. The Kier molecular flexibility index (Phi) is 7.24. The van der Waals surface area contributed by atoms with E-state index in [0.29, 0.717) is 28.3 Å². The van der Waals surface area contributed by atoms with Gasteiger partial charge in [0.25, 0.3) is 0 Å². The smallest absolute Gasteiger partial charge is 0.174 e. The molecule has 152 valence electrons. The molecule has 0 fully saturated rings. The van der Waals surface area contributed by atoms with Crippen molar-refractivity contribution < 1.29 is 18.7 Å². The molecule has 5 heteroatoms. The zero-order valence-corrected chi connectivity index (χ0v) is 17.2. The average molecular weight is 423 g/mol. The van der Waals surface area contributed by atoms with Crippen LogP contribution in [0.25, 0.3) is 11.1 Å². The van der Waals surface area contributed by atoms with E-state index in [1.807, 2.05) is 30.3 Å². The third-order valence-corrected chi connectivity index (χ3v) is 5.05. The minimum Gasteiger partial charge on any atom is -0.488 e. The summed E-state index contributed by atoms with van der Waals surface area (Å²) in [6.45, 7) is 0.511. The van der Waals surface area contributed by atoms with E-state index in [0.717, 1.165) is 11.8 Å². The highest BCUT2D eigenvalue weighted by Gasteiger charge is 2.21. The second kappa shape index (κ2) is 10.1. The number of halogens is 2. The summed E-state index contributed by atoms with van der Waals surface area (Å²) in [4.78, 5) is 11.9. The van der Waals surface area contributed by atoms with Crippen LogP contribution < -0.4 is 4.74 Å². The Bertz CT molecular complexity index is 1070. The summed E-state index contributed by atoms with van der Waals surface area (Å²) in [5.74, 6) is 1.43. The summed E-state index contributed by atoms with van der Waals surface area (Å²) >= 11 is 6.42. The third kappa shape index (κ3) is 4.54. The molecule has 30 heavy (non-hydrogen) atoms. The lowest BCUT2D eigenvalue weighted by Gasteiger charge is -2.17. The summed E-state index contributed by atoms with van der Waals surface area (Å²) in [7, 11) is 1.54. The molecule has 0 N–H and O–H groups in total. The Hall–Kier alpha value is -3.13. The van der Waals surface area contributed by atoms with Crippen molar-refractivity contribution in [2.75, 3.05) is 20.3 Å². The van der Waals surface area contributed by atoms with E-state index in [4.69, 9.17) is 27.5 Å². The molecule has 0 aromatic heterocycles. The van der Waals surface area contributed by atoms with Crippen LogP contribution in [0.1, 0.15) is 22.6 Å². The number of hydrogen-bond donors (Lipinski definition) is 0. The number of hydrogen-bond acceptors (Lipinski definition) is 3. The van der Waals surface area contributed by atoms with Crippen molar-refractivity contribution in [2.24, 2.45) is 0 Å². The highest BCUT2D eigenvalue weighted by Crippen LogP contribution is 2.38. The highest BCUT2D eigenvalue weighted by atomic mass is 35.5. The first-order chi connectivity index (χ1) is 14.6. The van der Waals surface area contributed by atoms with Crippen molar-refractivity contribution in [3.8, 4) is 29.2 Å². The number of benzene rings is 3. The predicted octanol–water partition coefficient (Wildman–Crippen LogP) is 5.48. The molecule has 0 aliphatic carbocycles. The van der Waals surface area contributed by atoms with Gasteiger partial charge >= 0.3 is 0 Å². The van der Waals surface area contributed by atoms with Gasteiger partial charge in [0.05, 0.1) is 12.5 Å². The van der Waals surface area contributed by atoms with Gasteiger partial charge in [-0.05, 0) is 35.4 Å². The number of ether oxygens (including phenoxy) is 2. The van der Waals surface area contributed by atoms with Crippen LogP contribution in [0.5, 0.6) is 5.75 Å². The predicted molar refractivity (Wildman–Crippen MR) is 117 cm³/mol. The molecule has 1 atom stereocenters. The maximum atomic E-state index is 15.4. The van der Waals surface area contributed by atoms with Crippen LogP contribution in [0.15, 0.2) is 60.7 Å². The fraction of sp³-hybridized carbons (Fsp3) is 0.160. The third-order valence-electron chi connectivity index (χ3n) is 4.72. The molecule has 0 spiro atoms. The molecule has 0 heterocycles. The van der Waals surface area contributed by atoms with E-state index in [1.165, 1.54) is 13.2 Å². The van der Waals surface area contributed by atoms with E-state index < -0.39 is 11.7 Å². The van der Waals surface area contributed by atoms with Crippen LogP contribution in [0.3, 0.4) is 0 Å². The van der Waals surface area contributed by atoms with E-state index in [1.54, 1.807) is 24.3 Å². The van der Waals surface area contributed by atoms with E-state index in [9.17, 15) is 4.79 Å². The molecular weight excluding hydrogens is 403 g/mol. The molecule has 3 aromatic rings. The quantitative estimate of drug-likeness (QED) is 0.274. The zero-order chi connectivity index (χ0) is 21.5. The second-order valence-corrected chi connectivity index (χ2v) is 6.96. The Morgan fingerprint density at radius 2 is 1.87 bits per heavy atom. The van der Waals surface area contributed by atoms with Gasteiger partial charge in [-0.15, -0.1) is 6.42 Å². The van der Waals surface area contributed by atoms with Gasteiger partial charge in [-0.25, -0.2) is 4.39 Å². The number of carbonyl (C=O) groups is 1. The van der Waals surface area contributed by atoms with Gasteiger partial charge in [-0.2, -0.15) is 0 Å². The van der Waals surface area contributed by atoms with Crippen molar-refractivity contribution in [3.63, 3.8) is 0 Å². The number of methoxy groups -OCH3 is 1. The maximum absolute atomic E-state index is 15.4. The first-order valence-electron chi connectivity index (χ1n) is 9.31. The van der Waals surface area contributed by atoms with Crippen molar-refractivity contribution in [1.82, 2.24) is 0 Å². The molecule has 3 nitrogen and oxygen atoms in total. The molecule has 0 radical (unpaired) electrons. The lowest BCUT2D eigenvalue weighted by molar-refractivity contribution is -0.108. The number of terminal acetylenes is 1. The van der Waals surface area contributed by atoms with Gasteiger partial charge in [0.2, 0.25) is 0 Å². The number of aldehydes is 1. The zero-order valence-electron chi connectivity index (χ0n) is 16.4. The van der Waals surface area contributed by atoms with Crippen molar-refractivity contribution >= 4 is 17.9 Å². The number of rotatable bonds is 8. The second-order valence-electron chi connectivity index (χ2n) is 6.55. The minimum atomic E-state index is -0.608. The van der Waals surface area contributed by atoms with Crippen LogP contribution in [-0.2, 0) is 9.53 Å². The van der Waals surface area contributed by atoms with Gasteiger partial charge in [-0.3, -0.25) is 0 Å². The van der Waals surface area contributed by atoms with Gasteiger partial charge in [0, 0.05) is 28.8 Å². The average Bonchev–Trinajstić information content (AvgIpc) is 2.77. The van der Waals surface area contributed by atoms with Crippen LogP contribution in [0, 0.1) is 18.2 Å². The van der Waals surface area contributed by atoms with Gasteiger partial charge in [0.1, 0.15) is 12.9 Å². The molecule has 3 rings (SSSR count). The van der Waals surface area contributed by atoms with Gasteiger partial charge in [0.15, 0.2) is 11.6 Å². The molecule has 3 aromatic carbocycles. The fourth-order valence-electron chi connectivity index (χ4n) is 3.22. The summed E-state index contributed by atoms with van der Waals surface area (Å²) in [6.07, 6.45) is 6.47. The normalized spacial score (nSPS) is 11.5. The Labute approximate surface area is 180 Å². The van der Waals surface area contributed by atoms with Gasteiger partial charge in [-0.1, -0.05) is 53.9 Å². The SMILES string of the molecule is C#Cc1ccc(OCCOC)c(F)c1-c1cc(C(C=O)c2ccccc2)ccc1Cl. The Morgan fingerprint density at radius 1 is 1.10 bits per heavy atom. The standard InChI is InChI=1S/C25H20ClFO3/c1-3-17-10-12-23(30-14-13-29-2)25(27)24(17)20-15-19(9-11-22(20)26)21(16-28)18-7-5-4-6-8-18/h1,4-12,15-16,21H,13-14H2,2H3. The maximum Gasteiger partial charge on any atom is 0.174 e. The lowest BCUT2D eigenvalue weighted by Crippen LogP contribution is -2.07. The summed E-state index contributed by atoms with van der Waals surface area (Å²) in [6, 6.07) is 17.5. The van der Waals surface area contributed by atoms with E-state index >= 15 is 4.39 Å². The highest BCUT2D eigenvalue weighted by molar-refractivity contribution is 6.33. The molecule has 0 aliphatic rings. The molecule has 0 saturated heterocycles. The van der Waals surface area contributed by atoms with Crippen LogP contribution >= 0.6 is 11.6 Å². The Balaban J connectivity index is 2.11. The minimum absolute atomic E-state index is 0.0533. The van der Waals surface area contributed by atoms with Crippen molar-refractivity contribution in [2.45, 2.75) is 5.92 Å². The topological polar surface area (TPSA) is 35.5 Å².